The normalized spacial score (nSPS) is 8.62. The number of anilines is 1. The van der Waals surface area contributed by atoms with Gasteiger partial charge in [-0.25, -0.2) is 9.59 Å². The summed E-state index contributed by atoms with van der Waals surface area (Å²) in [4.78, 5) is 22.2. The van der Waals surface area contributed by atoms with Crippen LogP contribution in [-0.2, 0) is 0 Å². The Bertz CT molecular complexity index is 759. The molecule has 8 heteroatoms. The molecule has 0 fully saturated rings. The molecule has 0 unspecified atom stereocenters. The lowest BCUT2D eigenvalue weighted by molar-refractivity contribution is 0.0652. The zero-order valence-corrected chi connectivity index (χ0v) is 10.3. The fraction of sp³-hybridized carbons (Fsp3) is 0. The van der Waals surface area contributed by atoms with Crippen molar-refractivity contribution in [1.29, 1.82) is 15.8 Å². The molecular weight excluding hydrogens is 276 g/mol. The Balaban J connectivity index is 3.51. The Kier molecular flexibility index (Phi) is 4.62. The quantitative estimate of drug-likeness (QED) is 0.697. The molecule has 0 saturated heterocycles. The molecule has 0 bridgehead atoms. The second kappa shape index (κ2) is 6.37. The molecule has 1 aromatic carbocycles. The highest BCUT2D eigenvalue weighted by Crippen LogP contribution is 2.22. The minimum atomic E-state index is -1.52. The van der Waals surface area contributed by atoms with Crippen LogP contribution < -0.4 is 5.32 Å². The van der Waals surface area contributed by atoms with Crippen LogP contribution in [0.2, 0.25) is 0 Å². The van der Waals surface area contributed by atoms with E-state index in [1.165, 1.54) is 24.3 Å². The fourth-order valence-corrected chi connectivity index (χ4v) is 1.48. The van der Waals surface area contributed by atoms with Crippen LogP contribution in [0.25, 0.3) is 0 Å². The highest BCUT2D eigenvalue weighted by Gasteiger charge is 2.21. The van der Waals surface area contributed by atoms with Gasteiger partial charge in [0.05, 0.1) is 16.8 Å². The van der Waals surface area contributed by atoms with E-state index in [1.807, 2.05) is 0 Å². The summed E-state index contributed by atoms with van der Waals surface area (Å²) < 4.78 is 0. The summed E-state index contributed by atoms with van der Waals surface area (Å²) in [5.74, 6) is -2.98. The summed E-state index contributed by atoms with van der Waals surface area (Å²) in [7, 11) is 0. The number of nitrogens with zero attached hydrogens (tertiary/aromatic N) is 3. The van der Waals surface area contributed by atoms with Gasteiger partial charge in [0.15, 0.2) is 5.57 Å². The standard InChI is InChI=1S/C13H6N4O4/c14-4-7(5-15)10(6-16)17-9-3-1-2-8(12(18)19)11(9)13(20)21/h1-3,17H,(H,18,19)(H,20,21). The first kappa shape index (κ1) is 15.2. The minimum absolute atomic E-state index is 0.207. The summed E-state index contributed by atoms with van der Waals surface area (Å²) in [5.41, 5.74) is -2.28. The fourth-order valence-electron chi connectivity index (χ4n) is 1.48. The van der Waals surface area contributed by atoms with Crippen LogP contribution in [0, 0.1) is 34.0 Å². The Morgan fingerprint density at radius 2 is 1.62 bits per heavy atom. The number of hydrogen-bond donors (Lipinski definition) is 3. The van der Waals surface area contributed by atoms with Crippen molar-refractivity contribution < 1.29 is 19.8 Å². The van der Waals surface area contributed by atoms with E-state index in [0.29, 0.717) is 0 Å². The van der Waals surface area contributed by atoms with Crippen LogP contribution >= 0.6 is 0 Å². The van der Waals surface area contributed by atoms with Crippen molar-refractivity contribution >= 4 is 17.6 Å². The zero-order valence-electron chi connectivity index (χ0n) is 10.3. The first-order chi connectivity index (χ1) is 9.96. The summed E-state index contributed by atoms with van der Waals surface area (Å²) >= 11 is 0. The minimum Gasteiger partial charge on any atom is -0.478 e. The summed E-state index contributed by atoms with van der Waals surface area (Å²) in [6.45, 7) is 0. The van der Waals surface area contributed by atoms with E-state index in [4.69, 9.17) is 26.0 Å². The van der Waals surface area contributed by atoms with E-state index < -0.39 is 34.3 Å². The molecule has 1 rings (SSSR count). The summed E-state index contributed by atoms with van der Waals surface area (Å²) in [5, 5.41) is 46.6. The van der Waals surface area contributed by atoms with Crippen molar-refractivity contribution in [2.75, 3.05) is 5.32 Å². The second-order valence-corrected chi connectivity index (χ2v) is 3.55. The predicted octanol–water partition coefficient (Wildman–Crippen LogP) is 1.32. The molecule has 21 heavy (non-hydrogen) atoms. The largest absolute Gasteiger partial charge is 0.478 e. The SMILES string of the molecule is N#CC(C#N)=C(C#N)Nc1cccc(C(=O)O)c1C(=O)O. The van der Waals surface area contributed by atoms with Crippen LogP contribution in [-0.4, -0.2) is 22.2 Å². The van der Waals surface area contributed by atoms with Crippen LogP contribution in [0.5, 0.6) is 0 Å². The Hall–Kier alpha value is -3.83. The van der Waals surface area contributed by atoms with Crippen LogP contribution in [0.1, 0.15) is 20.7 Å². The molecule has 0 radical (unpaired) electrons. The predicted molar refractivity (Wildman–Crippen MR) is 67.8 cm³/mol. The van der Waals surface area contributed by atoms with Gasteiger partial charge in [-0.05, 0) is 12.1 Å². The van der Waals surface area contributed by atoms with Crippen molar-refractivity contribution in [3.63, 3.8) is 0 Å². The molecular formula is C13H6N4O4. The molecule has 3 N–H and O–H groups in total. The molecule has 8 nitrogen and oxygen atoms in total. The number of carbonyl (C=O) groups is 2. The van der Waals surface area contributed by atoms with Crippen molar-refractivity contribution in [2.24, 2.45) is 0 Å². The maximum Gasteiger partial charge on any atom is 0.338 e. The van der Waals surface area contributed by atoms with Crippen molar-refractivity contribution in [3.8, 4) is 18.2 Å². The number of nitriles is 3. The average Bonchev–Trinajstić information content (AvgIpc) is 2.46. The second-order valence-electron chi connectivity index (χ2n) is 3.55. The molecule has 0 amide bonds. The van der Waals surface area contributed by atoms with Gasteiger partial charge in [-0.1, -0.05) is 6.07 Å². The van der Waals surface area contributed by atoms with Crippen LogP contribution in [0.4, 0.5) is 5.69 Å². The molecule has 0 spiro atoms. The highest BCUT2D eigenvalue weighted by atomic mass is 16.4. The number of allylic oxidation sites excluding steroid dienone is 2. The molecule has 0 atom stereocenters. The molecule has 102 valence electrons. The third-order valence-corrected chi connectivity index (χ3v) is 2.35. The van der Waals surface area contributed by atoms with Gasteiger partial charge in [0.1, 0.15) is 23.9 Å². The molecule has 0 aliphatic rings. The maximum absolute atomic E-state index is 11.2. The number of carboxylic acid groups (broad SMARTS) is 2. The monoisotopic (exact) mass is 282 g/mol. The lowest BCUT2D eigenvalue weighted by Crippen LogP contribution is -2.12. The number of rotatable bonds is 4. The van der Waals surface area contributed by atoms with E-state index in [-0.39, 0.29) is 5.69 Å². The molecule has 0 aliphatic heterocycles. The van der Waals surface area contributed by atoms with E-state index >= 15 is 0 Å². The number of nitrogens with one attached hydrogen (secondary N) is 1. The van der Waals surface area contributed by atoms with E-state index in [2.05, 4.69) is 5.32 Å². The maximum atomic E-state index is 11.2. The third kappa shape index (κ3) is 3.14. The first-order valence-corrected chi connectivity index (χ1v) is 5.27. The Morgan fingerprint density at radius 3 is 2.05 bits per heavy atom. The van der Waals surface area contributed by atoms with Crippen molar-refractivity contribution in [1.82, 2.24) is 0 Å². The lowest BCUT2D eigenvalue weighted by atomic mass is 10.0. The molecule has 0 heterocycles. The van der Waals surface area contributed by atoms with Gasteiger partial charge < -0.3 is 15.5 Å². The Labute approximate surface area is 118 Å². The van der Waals surface area contributed by atoms with Gasteiger partial charge in [0.2, 0.25) is 0 Å². The van der Waals surface area contributed by atoms with Gasteiger partial charge in [-0.2, -0.15) is 15.8 Å². The molecule has 0 saturated carbocycles. The Morgan fingerprint density at radius 1 is 1.00 bits per heavy atom. The lowest BCUT2D eigenvalue weighted by Gasteiger charge is -2.10. The van der Waals surface area contributed by atoms with Gasteiger partial charge in [-0.3, -0.25) is 0 Å². The summed E-state index contributed by atoms with van der Waals surface area (Å²) in [6, 6.07) is 8.08. The van der Waals surface area contributed by atoms with Gasteiger partial charge in [-0.15, -0.1) is 0 Å². The molecule has 0 aromatic heterocycles. The first-order valence-electron chi connectivity index (χ1n) is 5.27. The van der Waals surface area contributed by atoms with Gasteiger partial charge >= 0.3 is 11.9 Å². The van der Waals surface area contributed by atoms with Crippen molar-refractivity contribution in [3.05, 3.63) is 40.6 Å². The topological polar surface area (TPSA) is 158 Å². The summed E-state index contributed by atoms with van der Waals surface area (Å²) in [6.07, 6.45) is 0. The van der Waals surface area contributed by atoms with Crippen LogP contribution in [0.15, 0.2) is 29.5 Å². The van der Waals surface area contributed by atoms with Crippen LogP contribution in [0.3, 0.4) is 0 Å². The molecule has 1 aromatic rings. The van der Waals surface area contributed by atoms with Gasteiger partial charge in [0, 0.05) is 0 Å². The zero-order chi connectivity index (χ0) is 16.0. The molecule has 0 aliphatic carbocycles. The number of benzene rings is 1. The van der Waals surface area contributed by atoms with E-state index in [9.17, 15) is 9.59 Å². The number of hydrogen-bond acceptors (Lipinski definition) is 6. The average molecular weight is 282 g/mol. The smallest absolute Gasteiger partial charge is 0.338 e. The highest BCUT2D eigenvalue weighted by molar-refractivity contribution is 6.06. The van der Waals surface area contributed by atoms with E-state index in [1.54, 1.807) is 6.07 Å². The van der Waals surface area contributed by atoms with E-state index in [0.717, 1.165) is 6.07 Å². The van der Waals surface area contributed by atoms with Gasteiger partial charge in [0.25, 0.3) is 0 Å². The third-order valence-electron chi connectivity index (χ3n) is 2.35. The van der Waals surface area contributed by atoms with Crippen molar-refractivity contribution in [2.45, 2.75) is 0 Å². The number of carboxylic acids is 2. The number of aromatic carboxylic acids is 2.